The molecule has 2 aromatic heterocycles. The molecule has 1 saturated carbocycles. The minimum atomic E-state index is 0.0945. The summed E-state index contributed by atoms with van der Waals surface area (Å²) in [4.78, 5) is 17.0. The molecule has 1 aliphatic heterocycles. The van der Waals surface area contributed by atoms with E-state index in [1.165, 1.54) is 32.1 Å². The minimum absolute atomic E-state index is 0.0945. The Morgan fingerprint density at radius 3 is 2.66 bits per heavy atom. The van der Waals surface area contributed by atoms with E-state index in [1.807, 2.05) is 6.07 Å². The summed E-state index contributed by atoms with van der Waals surface area (Å²) in [7, 11) is 0. The lowest BCUT2D eigenvalue weighted by Gasteiger charge is -2.39. The molecule has 0 bridgehead atoms. The number of para-hydroxylation sites is 1. The Hall–Kier alpha value is -3.46. The first-order chi connectivity index (χ1) is 15.6. The molecular formula is C23H27N7O2. The van der Waals surface area contributed by atoms with Crippen LogP contribution in [0, 0.1) is 0 Å². The fraction of sp³-hybridized carbons (Fsp3) is 0.391. The second kappa shape index (κ2) is 8.58. The van der Waals surface area contributed by atoms with Crippen LogP contribution in [0.4, 0.5) is 11.5 Å². The molecule has 2 fully saturated rings. The summed E-state index contributed by atoms with van der Waals surface area (Å²) in [5, 5.41) is 22.7. The summed E-state index contributed by atoms with van der Waals surface area (Å²) >= 11 is 0. The molecule has 1 aliphatic carbocycles. The number of nitrogens with zero attached hydrogens (tertiary/aromatic N) is 6. The molecule has 1 aromatic carbocycles. The Bertz CT molecular complexity index is 1120. The van der Waals surface area contributed by atoms with Gasteiger partial charge >= 0.3 is 0 Å². The average Bonchev–Trinajstić information content (AvgIpc) is 3.30. The van der Waals surface area contributed by atoms with Crippen molar-refractivity contribution in [2.45, 2.75) is 38.1 Å². The molecule has 0 spiro atoms. The predicted octanol–water partition coefficient (Wildman–Crippen LogP) is 2.60. The van der Waals surface area contributed by atoms with Crippen LogP contribution in [0.2, 0.25) is 0 Å². The first-order valence-corrected chi connectivity index (χ1v) is 11.1. The van der Waals surface area contributed by atoms with E-state index in [0.717, 1.165) is 12.2 Å². The Balaban J connectivity index is 1.36. The number of aromatic hydroxyl groups is 1. The third-order valence-electron chi connectivity index (χ3n) is 6.45. The molecule has 0 unspecified atom stereocenters. The van der Waals surface area contributed by atoms with Gasteiger partial charge in [0.1, 0.15) is 11.4 Å². The molecule has 32 heavy (non-hydrogen) atoms. The van der Waals surface area contributed by atoms with Crippen LogP contribution >= 0.6 is 0 Å². The highest BCUT2D eigenvalue weighted by atomic mass is 16.3. The SMILES string of the molecule is Nc1nnc(-c2ccccc2O)cc1-n1cc(N2CCN(C3CCCCC3)CC2=O)cn1. The molecule has 0 atom stereocenters. The average molecular weight is 434 g/mol. The summed E-state index contributed by atoms with van der Waals surface area (Å²) in [6.45, 7) is 1.97. The normalized spacial score (nSPS) is 18.2. The molecule has 9 nitrogen and oxygen atoms in total. The number of nitrogens with two attached hydrogens (primary N) is 1. The van der Waals surface area contributed by atoms with Crippen molar-refractivity contribution in [1.82, 2.24) is 24.9 Å². The van der Waals surface area contributed by atoms with Gasteiger partial charge in [-0.15, -0.1) is 10.2 Å². The standard InChI is InChI=1S/C23H27N7O2/c24-23-20(12-19(26-27-23)18-8-4-5-9-21(18)31)30-14-17(13-25-30)29-11-10-28(15-22(29)32)16-6-2-1-3-7-16/h4-5,8-9,12-14,16,31H,1-3,6-7,10-11,15H2,(H2,24,27). The summed E-state index contributed by atoms with van der Waals surface area (Å²) < 4.78 is 1.60. The molecular weight excluding hydrogens is 406 g/mol. The zero-order valence-corrected chi connectivity index (χ0v) is 17.9. The van der Waals surface area contributed by atoms with Crippen molar-refractivity contribution in [2.24, 2.45) is 0 Å². The second-order valence-electron chi connectivity index (χ2n) is 8.47. The van der Waals surface area contributed by atoms with E-state index >= 15 is 0 Å². The number of phenolic OH excluding ortho intramolecular Hbond substituents is 1. The van der Waals surface area contributed by atoms with Gasteiger partial charge in [0.05, 0.1) is 30.3 Å². The quantitative estimate of drug-likeness (QED) is 0.650. The number of aromatic nitrogens is 4. The van der Waals surface area contributed by atoms with E-state index in [1.54, 1.807) is 46.2 Å². The van der Waals surface area contributed by atoms with Crippen molar-refractivity contribution in [2.75, 3.05) is 30.3 Å². The summed E-state index contributed by atoms with van der Waals surface area (Å²) in [6.07, 6.45) is 9.68. The highest BCUT2D eigenvalue weighted by Gasteiger charge is 2.31. The Morgan fingerprint density at radius 1 is 1.06 bits per heavy atom. The van der Waals surface area contributed by atoms with Crippen molar-refractivity contribution in [3.63, 3.8) is 0 Å². The number of phenols is 1. The van der Waals surface area contributed by atoms with Crippen molar-refractivity contribution in [3.8, 4) is 22.7 Å². The number of rotatable bonds is 4. The molecule has 2 aliphatic rings. The van der Waals surface area contributed by atoms with Gasteiger partial charge < -0.3 is 15.7 Å². The smallest absolute Gasteiger partial charge is 0.241 e. The van der Waals surface area contributed by atoms with Crippen LogP contribution in [0.25, 0.3) is 16.9 Å². The number of carbonyl (C=O) groups is 1. The number of amides is 1. The molecule has 9 heteroatoms. The van der Waals surface area contributed by atoms with Gasteiger partial charge in [-0.05, 0) is 31.0 Å². The van der Waals surface area contributed by atoms with Gasteiger partial charge in [-0.1, -0.05) is 31.4 Å². The maximum absolute atomic E-state index is 12.9. The Kier molecular flexibility index (Phi) is 5.48. The summed E-state index contributed by atoms with van der Waals surface area (Å²) in [6, 6.07) is 9.19. The van der Waals surface area contributed by atoms with Crippen LogP contribution in [-0.2, 0) is 4.79 Å². The maximum Gasteiger partial charge on any atom is 0.241 e. The lowest BCUT2D eigenvalue weighted by Crippen LogP contribution is -2.54. The van der Waals surface area contributed by atoms with Gasteiger partial charge in [-0.25, -0.2) is 4.68 Å². The zero-order chi connectivity index (χ0) is 22.1. The zero-order valence-electron chi connectivity index (χ0n) is 17.9. The van der Waals surface area contributed by atoms with Crippen LogP contribution in [0.15, 0.2) is 42.7 Å². The molecule has 3 heterocycles. The molecule has 3 aromatic rings. The second-order valence-corrected chi connectivity index (χ2v) is 8.47. The Labute approximate surface area is 186 Å². The number of nitrogen functional groups attached to an aromatic ring is 1. The lowest BCUT2D eigenvalue weighted by molar-refractivity contribution is -0.122. The summed E-state index contributed by atoms with van der Waals surface area (Å²) in [5.74, 6) is 0.421. The van der Waals surface area contributed by atoms with E-state index in [4.69, 9.17) is 5.73 Å². The number of anilines is 2. The van der Waals surface area contributed by atoms with Crippen molar-refractivity contribution < 1.29 is 9.90 Å². The van der Waals surface area contributed by atoms with Gasteiger partial charge in [0.25, 0.3) is 0 Å². The number of carbonyl (C=O) groups excluding carboxylic acids is 1. The number of hydrogen-bond acceptors (Lipinski definition) is 7. The van der Waals surface area contributed by atoms with Gasteiger partial charge in [0, 0.05) is 24.7 Å². The highest BCUT2D eigenvalue weighted by Crippen LogP contribution is 2.30. The largest absolute Gasteiger partial charge is 0.507 e. The molecule has 166 valence electrons. The van der Waals surface area contributed by atoms with Gasteiger partial charge in [-0.2, -0.15) is 5.10 Å². The maximum atomic E-state index is 12.9. The van der Waals surface area contributed by atoms with Crippen molar-refractivity contribution in [3.05, 3.63) is 42.7 Å². The van der Waals surface area contributed by atoms with Crippen molar-refractivity contribution >= 4 is 17.4 Å². The van der Waals surface area contributed by atoms with Crippen LogP contribution in [0.1, 0.15) is 32.1 Å². The molecule has 5 rings (SSSR count). The molecule has 1 saturated heterocycles. The van der Waals surface area contributed by atoms with E-state index in [9.17, 15) is 9.90 Å². The number of piperazine rings is 1. The minimum Gasteiger partial charge on any atom is -0.507 e. The van der Waals surface area contributed by atoms with Gasteiger partial charge in [0.2, 0.25) is 5.91 Å². The van der Waals surface area contributed by atoms with Crippen molar-refractivity contribution in [1.29, 1.82) is 0 Å². The van der Waals surface area contributed by atoms with Crippen LogP contribution in [-0.4, -0.2) is 61.6 Å². The Morgan fingerprint density at radius 2 is 1.88 bits per heavy atom. The third-order valence-corrected chi connectivity index (χ3v) is 6.45. The molecule has 0 radical (unpaired) electrons. The van der Waals surface area contributed by atoms with Gasteiger partial charge in [-0.3, -0.25) is 9.69 Å². The lowest BCUT2D eigenvalue weighted by atomic mass is 9.94. The van der Waals surface area contributed by atoms with Crippen LogP contribution < -0.4 is 10.6 Å². The molecule has 1 amide bonds. The first-order valence-electron chi connectivity index (χ1n) is 11.1. The first kappa shape index (κ1) is 20.4. The van der Waals surface area contributed by atoms with Gasteiger partial charge in [0.15, 0.2) is 5.82 Å². The monoisotopic (exact) mass is 433 g/mol. The topological polar surface area (TPSA) is 113 Å². The van der Waals surface area contributed by atoms with E-state index < -0.39 is 0 Å². The fourth-order valence-electron chi connectivity index (χ4n) is 4.70. The fourth-order valence-corrected chi connectivity index (χ4v) is 4.70. The van der Waals surface area contributed by atoms with Crippen LogP contribution in [0.3, 0.4) is 0 Å². The third kappa shape index (κ3) is 3.91. The van der Waals surface area contributed by atoms with E-state index in [2.05, 4.69) is 20.2 Å². The number of hydrogen-bond donors (Lipinski definition) is 2. The van der Waals surface area contributed by atoms with E-state index in [-0.39, 0.29) is 17.5 Å². The van der Waals surface area contributed by atoms with Crippen LogP contribution in [0.5, 0.6) is 5.75 Å². The predicted molar refractivity (Wildman–Crippen MR) is 121 cm³/mol. The summed E-state index contributed by atoms with van der Waals surface area (Å²) in [5.41, 5.74) is 8.39. The molecule has 3 N–H and O–H groups in total. The number of benzene rings is 1. The van der Waals surface area contributed by atoms with E-state index in [0.29, 0.717) is 36.1 Å². The highest BCUT2D eigenvalue weighted by molar-refractivity contribution is 5.95.